The van der Waals surface area contributed by atoms with Crippen LogP contribution in [0.3, 0.4) is 0 Å². The maximum absolute atomic E-state index is 12.7. The molecule has 0 aliphatic heterocycles. The summed E-state index contributed by atoms with van der Waals surface area (Å²) in [6.07, 6.45) is 3.44. The normalized spacial score (nSPS) is 30.1. The number of hydrogen-bond acceptors (Lipinski definition) is 4. The summed E-state index contributed by atoms with van der Waals surface area (Å²) >= 11 is 0. The van der Waals surface area contributed by atoms with Gasteiger partial charge in [0.05, 0.1) is 26.2 Å². The van der Waals surface area contributed by atoms with E-state index in [9.17, 15) is 4.79 Å². The molecule has 0 heterocycles. The molecule has 1 aromatic rings. The second-order valence-corrected chi connectivity index (χ2v) is 6.78. The van der Waals surface area contributed by atoms with Crippen molar-refractivity contribution in [2.24, 2.45) is 23.5 Å². The number of amides is 1. The van der Waals surface area contributed by atoms with E-state index < -0.39 is 0 Å². The lowest BCUT2D eigenvalue weighted by Gasteiger charge is -2.28. The van der Waals surface area contributed by atoms with Crippen molar-refractivity contribution in [2.75, 3.05) is 14.2 Å². The summed E-state index contributed by atoms with van der Waals surface area (Å²) in [7, 11) is 3.22. The summed E-state index contributed by atoms with van der Waals surface area (Å²) in [5, 5.41) is 3.13. The van der Waals surface area contributed by atoms with Crippen LogP contribution in [-0.2, 0) is 4.79 Å². The zero-order valence-corrected chi connectivity index (χ0v) is 14.0. The Balaban J connectivity index is 1.69. The Morgan fingerprint density at radius 1 is 1.22 bits per heavy atom. The first kappa shape index (κ1) is 16.1. The molecule has 0 saturated heterocycles. The van der Waals surface area contributed by atoms with Crippen molar-refractivity contribution in [3.8, 4) is 11.5 Å². The van der Waals surface area contributed by atoms with Gasteiger partial charge in [0.15, 0.2) is 11.5 Å². The molecule has 2 aliphatic rings. The number of benzene rings is 1. The summed E-state index contributed by atoms with van der Waals surface area (Å²) in [5.41, 5.74) is 7.26. The summed E-state index contributed by atoms with van der Waals surface area (Å²) in [6, 6.07) is 5.65. The monoisotopic (exact) mass is 318 g/mol. The van der Waals surface area contributed by atoms with Gasteiger partial charge < -0.3 is 20.5 Å². The Kier molecular flexibility index (Phi) is 4.48. The molecule has 126 valence electrons. The first-order valence-electron chi connectivity index (χ1n) is 8.33. The van der Waals surface area contributed by atoms with E-state index in [1.54, 1.807) is 14.2 Å². The van der Waals surface area contributed by atoms with E-state index in [2.05, 4.69) is 5.32 Å². The molecule has 0 radical (unpaired) electrons. The molecule has 3 N–H and O–H groups in total. The van der Waals surface area contributed by atoms with Crippen LogP contribution in [0, 0.1) is 17.8 Å². The average molecular weight is 318 g/mol. The summed E-state index contributed by atoms with van der Waals surface area (Å²) in [6.45, 7) is 1.98. The predicted molar refractivity (Wildman–Crippen MR) is 88.4 cm³/mol. The van der Waals surface area contributed by atoms with Crippen molar-refractivity contribution in [3.63, 3.8) is 0 Å². The standard InChI is InChI=1S/C18H26N2O3/c1-10(11-6-7-14(22-2)15(9-11)23-3)20-18(21)16-12-4-5-13(8-12)17(16)19/h6-7,9-10,12-13,16-17H,4-5,8,19H2,1-3H3,(H,20,21). The molecule has 5 heteroatoms. The van der Waals surface area contributed by atoms with Gasteiger partial charge >= 0.3 is 0 Å². The fraction of sp³-hybridized carbons (Fsp3) is 0.611. The van der Waals surface area contributed by atoms with Crippen molar-refractivity contribution in [1.29, 1.82) is 0 Å². The number of carbonyl (C=O) groups is 1. The van der Waals surface area contributed by atoms with Crippen LogP contribution >= 0.6 is 0 Å². The largest absolute Gasteiger partial charge is 0.493 e. The van der Waals surface area contributed by atoms with Gasteiger partial charge in [-0.25, -0.2) is 0 Å². The minimum absolute atomic E-state index is 0.0198. The van der Waals surface area contributed by atoms with Crippen molar-refractivity contribution in [2.45, 2.75) is 38.3 Å². The van der Waals surface area contributed by atoms with E-state index in [-0.39, 0.29) is 23.9 Å². The van der Waals surface area contributed by atoms with Crippen LogP contribution in [0.1, 0.15) is 37.8 Å². The highest BCUT2D eigenvalue weighted by Gasteiger charge is 2.49. The molecule has 2 saturated carbocycles. The third-order valence-corrected chi connectivity index (χ3v) is 5.55. The Hall–Kier alpha value is -1.75. The third-order valence-electron chi connectivity index (χ3n) is 5.55. The molecule has 0 spiro atoms. The Morgan fingerprint density at radius 2 is 1.91 bits per heavy atom. The number of hydrogen-bond donors (Lipinski definition) is 2. The van der Waals surface area contributed by atoms with Crippen molar-refractivity contribution < 1.29 is 14.3 Å². The van der Waals surface area contributed by atoms with Gasteiger partial charge in [0.2, 0.25) is 5.91 Å². The molecule has 1 aromatic carbocycles. The minimum Gasteiger partial charge on any atom is -0.493 e. The minimum atomic E-state index is -0.0892. The van der Waals surface area contributed by atoms with Crippen molar-refractivity contribution in [1.82, 2.24) is 5.32 Å². The first-order valence-corrected chi connectivity index (χ1v) is 8.33. The molecule has 3 rings (SSSR count). The second kappa shape index (κ2) is 6.40. The number of fused-ring (bicyclic) bond motifs is 2. The highest BCUT2D eigenvalue weighted by Crippen LogP contribution is 2.47. The van der Waals surface area contributed by atoms with Crippen molar-refractivity contribution in [3.05, 3.63) is 23.8 Å². The zero-order valence-electron chi connectivity index (χ0n) is 14.0. The van der Waals surface area contributed by atoms with Gasteiger partial charge in [-0.3, -0.25) is 4.79 Å². The molecular weight excluding hydrogens is 292 g/mol. The number of nitrogens with one attached hydrogen (secondary N) is 1. The number of ether oxygens (including phenoxy) is 2. The Labute approximate surface area is 137 Å². The molecule has 1 amide bonds. The topological polar surface area (TPSA) is 73.6 Å². The summed E-state index contributed by atoms with van der Waals surface area (Å²) < 4.78 is 10.6. The fourth-order valence-electron chi connectivity index (χ4n) is 4.24. The average Bonchev–Trinajstić information content (AvgIpc) is 3.14. The van der Waals surface area contributed by atoms with E-state index in [1.165, 1.54) is 6.42 Å². The lowest BCUT2D eigenvalue weighted by atomic mass is 9.84. The van der Waals surface area contributed by atoms with Crippen LogP contribution in [-0.4, -0.2) is 26.2 Å². The van der Waals surface area contributed by atoms with Crippen LogP contribution in [0.2, 0.25) is 0 Å². The smallest absolute Gasteiger partial charge is 0.225 e. The second-order valence-electron chi connectivity index (χ2n) is 6.78. The molecule has 2 fully saturated rings. The van der Waals surface area contributed by atoms with E-state index in [1.807, 2.05) is 25.1 Å². The van der Waals surface area contributed by atoms with Crippen LogP contribution in [0.25, 0.3) is 0 Å². The maximum Gasteiger partial charge on any atom is 0.225 e. The van der Waals surface area contributed by atoms with Crippen LogP contribution in [0.4, 0.5) is 0 Å². The number of nitrogens with two attached hydrogens (primary N) is 1. The lowest BCUT2D eigenvalue weighted by Crippen LogP contribution is -2.45. The molecule has 2 aliphatic carbocycles. The molecule has 2 bridgehead atoms. The van der Waals surface area contributed by atoms with Gasteiger partial charge in [0.25, 0.3) is 0 Å². The van der Waals surface area contributed by atoms with Crippen LogP contribution in [0.5, 0.6) is 11.5 Å². The van der Waals surface area contributed by atoms with Gasteiger partial charge in [0.1, 0.15) is 0 Å². The molecule has 5 nitrogen and oxygen atoms in total. The summed E-state index contributed by atoms with van der Waals surface area (Å²) in [4.78, 5) is 12.7. The molecule has 5 unspecified atom stereocenters. The zero-order chi connectivity index (χ0) is 16.6. The van der Waals surface area contributed by atoms with Gasteiger partial charge in [-0.1, -0.05) is 6.07 Å². The molecular formula is C18H26N2O3. The predicted octanol–water partition coefficient (Wildman–Crippen LogP) is 2.25. The lowest BCUT2D eigenvalue weighted by molar-refractivity contribution is -0.127. The van der Waals surface area contributed by atoms with Gasteiger partial charge in [-0.15, -0.1) is 0 Å². The number of methoxy groups -OCH3 is 2. The third kappa shape index (κ3) is 2.90. The van der Waals surface area contributed by atoms with E-state index in [0.29, 0.717) is 23.3 Å². The van der Waals surface area contributed by atoms with Gasteiger partial charge in [0, 0.05) is 6.04 Å². The van der Waals surface area contributed by atoms with Crippen LogP contribution < -0.4 is 20.5 Å². The SMILES string of the molecule is COc1ccc(C(C)NC(=O)C2C3CCC(C3)C2N)cc1OC. The first-order chi connectivity index (χ1) is 11.0. The van der Waals surface area contributed by atoms with E-state index in [4.69, 9.17) is 15.2 Å². The van der Waals surface area contributed by atoms with Gasteiger partial charge in [-0.05, 0) is 55.7 Å². The maximum atomic E-state index is 12.7. The van der Waals surface area contributed by atoms with E-state index >= 15 is 0 Å². The van der Waals surface area contributed by atoms with Gasteiger partial charge in [-0.2, -0.15) is 0 Å². The Morgan fingerprint density at radius 3 is 2.52 bits per heavy atom. The summed E-state index contributed by atoms with van der Waals surface area (Å²) in [5.74, 6) is 2.41. The molecule has 5 atom stereocenters. The number of carbonyl (C=O) groups excluding carboxylic acids is 1. The van der Waals surface area contributed by atoms with Crippen LogP contribution in [0.15, 0.2) is 18.2 Å². The quantitative estimate of drug-likeness (QED) is 0.873. The Bertz CT molecular complexity index is 588. The fourth-order valence-corrected chi connectivity index (χ4v) is 4.24. The highest BCUT2D eigenvalue weighted by molar-refractivity contribution is 5.81. The molecule has 23 heavy (non-hydrogen) atoms. The molecule has 0 aromatic heterocycles. The number of rotatable bonds is 5. The van der Waals surface area contributed by atoms with Crippen molar-refractivity contribution >= 4 is 5.91 Å². The van der Waals surface area contributed by atoms with E-state index in [0.717, 1.165) is 18.4 Å². The highest BCUT2D eigenvalue weighted by atomic mass is 16.5.